The molecule has 0 unspecified atom stereocenters. The lowest BCUT2D eigenvalue weighted by Crippen LogP contribution is -2.51. The Labute approximate surface area is 192 Å². The average Bonchev–Trinajstić information content (AvgIpc) is 2.79. The van der Waals surface area contributed by atoms with Crippen LogP contribution in [0.5, 0.6) is 5.75 Å². The maximum absolute atomic E-state index is 12.8. The van der Waals surface area contributed by atoms with Gasteiger partial charge in [-0.3, -0.25) is 4.79 Å². The van der Waals surface area contributed by atoms with Crippen molar-refractivity contribution in [3.8, 4) is 5.75 Å². The lowest BCUT2D eigenvalue weighted by molar-refractivity contribution is -0.130. The molecule has 174 valence electrons. The van der Waals surface area contributed by atoms with Crippen LogP contribution < -0.4 is 14.8 Å². The predicted octanol–water partition coefficient (Wildman–Crippen LogP) is 2.24. The molecule has 1 heterocycles. The van der Waals surface area contributed by atoms with Gasteiger partial charge in [-0.1, -0.05) is 29.8 Å². The van der Waals surface area contributed by atoms with Crippen LogP contribution in [-0.4, -0.2) is 51.4 Å². The number of sulfonamides is 1. The zero-order chi connectivity index (χ0) is 23.1. The number of rotatable bonds is 9. The van der Waals surface area contributed by atoms with Crippen molar-refractivity contribution in [3.05, 3.63) is 59.1 Å². The van der Waals surface area contributed by atoms with Crippen molar-refractivity contribution in [3.63, 3.8) is 0 Å². The summed E-state index contributed by atoms with van der Waals surface area (Å²) >= 11 is 5.86. The molecule has 3 rings (SSSR count). The number of halogens is 1. The van der Waals surface area contributed by atoms with Gasteiger partial charge in [0.25, 0.3) is 0 Å². The summed E-state index contributed by atoms with van der Waals surface area (Å²) in [4.78, 5) is 12.4. The monoisotopic (exact) mass is 482 g/mol. The van der Waals surface area contributed by atoms with Gasteiger partial charge in [0.15, 0.2) is 0 Å². The summed E-state index contributed by atoms with van der Waals surface area (Å²) in [7, 11) is -2.37. The maximum atomic E-state index is 12.8. The van der Waals surface area contributed by atoms with E-state index in [1.54, 1.807) is 24.3 Å². The highest BCUT2D eigenvalue weighted by atomic mass is 35.5. The Bertz CT molecular complexity index is 1020. The summed E-state index contributed by atoms with van der Waals surface area (Å²) in [5.74, 6) is 0.244. The molecule has 10 heteroatoms. The first-order chi connectivity index (χ1) is 15.3. The number of hydrogen-bond donors (Lipinski definition) is 3. The summed E-state index contributed by atoms with van der Waals surface area (Å²) in [6.07, 6.45) is -0.118. The van der Waals surface area contributed by atoms with Crippen LogP contribution in [0.15, 0.2) is 53.4 Å². The average molecular weight is 483 g/mol. The lowest BCUT2D eigenvalue weighted by Gasteiger charge is -2.35. The third-order valence-electron chi connectivity index (χ3n) is 5.27. The van der Waals surface area contributed by atoms with Crippen molar-refractivity contribution < 1.29 is 27.8 Å². The number of methoxy groups -OCH3 is 1. The highest BCUT2D eigenvalue weighted by molar-refractivity contribution is 7.89. The number of aliphatic hydroxyl groups is 1. The van der Waals surface area contributed by atoms with Crippen LogP contribution in [0.2, 0.25) is 5.02 Å². The summed E-state index contributed by atoms with van der Waals surface area (Å²) in [5, 5.41) is 13.2. The first-order valence-electron chi connectivity index (χ1n) is 10.2. The fourth-order valence-corrected chi connectivity index (χ4v) is 4.99. The summed E-state index contributed by atoms with van der Waals surface area (Å²) in [5.41, 5.74) is 0.924. The van der Waals surface area contributed by atoms with Crippen LogP contribution in [-0.2, 0) is 26.1 Å². The van der Waals surface area contributed by atoms with Gasteiger partial charge in [-0.05, 0) is 42.7 Å². The van der Waals surface area contributed by atoms with Crippen molar-refractivity contribution in [2.24, 2.45) is 0 Å². The molecule has 0 saturated carbocycles. The Morgan fingerprint density at radius 3 is 2.66 bits per heavy atom. The van der Waals surface area contributed by atoms with E-state index in [2.05, 4.69) is 10.0 Å². The van der Waals surface area contributed by atoms with Gasteiger partial charge < -0.3 is 19.9 Å². The van der Waals surface area contributed by atoms with E-state index in [4.69, 9.17) is 21.1 Å². The normalized spacial score (nSPS) is 21.2. The van der Waals surface area contributed by atoms with E-state index >= 15 is 0 Å². The lowest BCUT2D eigenvalue weighted by atomic mass is 9.98. The van der Waals surface area contributed by atoms with Crippen molar-refractivity contribution >= 4 is 27.5 Å². The Morgan fingerprint density at radius 1 is 1.22 bits per heavy atom. The van der Waals surface area contributed by atoms with E-state index in [9.17, 15) is 18.3 Å². The Hall–Kier alpha value is -2.17. The standard InChI is InChI=1S/C22H27ClN2O6S/c1-30-17-3-2-4-19(11-17)32(28,29)25-20-10-9-18(31-21(20)14-26)12-22(27)24-13-15-5-7-16(23)8-6-15/h2-8,11,18,20-21,25-26H,9-10,12-14H2,1H3,(H,24,27)/t18-,20+,21+/m0/s1. The van der Waals surface area contributed by atoms with E-state index in [0.29, 0.717) is 30.2 Å². The van der Waals surface area contributed by atoms with Gasteiger partial charge in [0.05, 0.1) is 43.3 Å². The first-order valence-corrected chi connectivity index (χ1v) is 12.1. The SMILES string of the molecule is COc1cccc(S(=O)(=O)N[C@@H]2CC[C@@H](CC(=O)NCc3ccc(Cl)cc3)O[C@@H]2CO)c1. The molecular formula is C22H27ClN2O6S. The molecule has 3 atom stereocenters. The smallest absolute Gasteiger partial charge is 0.241 e. The van der Waals surface area contributed by atoms with E-state index < -0.39 is 28.3 Å². The fraction of sp³-hybridized carbons (Fsp3) is 0.409. The Morgan fingerprint density at radius 2 is 1.97 bits per heavy atom. The van der Waals surface area contributed by atoms with Crippen molar-refractivity contribution in [2.75, 3.05) is 13.7 Å². The van der Waals surface area contributed by atoms with E-state index in [1.807, 2.05) is 12.1 Å². The molecular weight excluding hydrogens is 456 g/mol. The topological polar surface area (TPSA) is 114 Å². The second-order valence-corrected chi connectivity index (χ2v) is 9.72. The molecule has 1 amide bonds. The number of benzene rings is 2. The molecule has 0 bridgehead atoms. The van der Waals surface area contributed by atoms with Gasteiger partial charge in [0.1, 0.15) is 5.75 Å². The van der Waals surface area contributed by atoms with Gasteiger partial charge in [0, 0.05) is 17.6 Å². The largest absolute Gasteiger partial charge is 0.497 e. The molecule has 1 aliphatic heterocycles. The van der Waals surface area contributed by atoms with Crippen LogP contribution in [0.25, 0.3) is 0 Å². The third-order valence-corrected chi connectivity index (χ3v) is 7.01. The van der Waals surface area contributed by atoms with Gasteiger partial charge in [-0.25, -0.2) is 13.1 Å². The van der Waals surface area contributed by atoms with Crippen LogP contribution in [0.4, 0.5) is 0 Å². The molecule has 1 aliphatic rings. The van der Waals surface area contributed by atoms with Crippen LogP contribution in [0.1, 0.15) is 24.8 Å². The second kappa shape index (κ2) is 11.1. The van der Waals surface area contributed by atoms with Gasteiger partial charge in [-0.2, -0.15) is 0 Å². The second-order valence-electron chi connectivity index (χ2n) is 7.57. The molecule has 1 saturated heterocycles. The summed E-state index contributed by atoms with van der Waals surface area (Å²) in [6.45, 7) is 0.00328. The Kier molecular flexibility index (Phi) is 8.50. The minimum absolute atomic E-state index is 0.0669. The van der Waals surface area contributed by atoms with E-state index in [-0.39, 0.29) is 23.8 Å². The molecule has 0 radical (unpaired) electrons. The molecule has 0 spiro atoms. The summed E-state index contributed by atoms with van der Waals surface area (Å²) < 4.78 is 39.0. The van der Waals surface area contributed by atoms with Crippen molar-refractivity contribution in [1.82, 2.24) is 10.0 Å². The van der Waals surface area contributed by atoms with Crippen molar-refractivity contribution in [1.29, 1.82) is 0 Å². The number of ether oxygens (including phenoxy) is 2. The molecule has 2 aromatic rings. The number of carbonyl (C=O) groups is 1. The molecule has 32 heavy (non-hydrogen) atoms. The number of hydrogen-bond acceptors (Lipinski definition) is 6. The quantitative estimate of drug-likeness (QED) is 0.505. The predicted molar refractivity (Wildman–Crippen MR) is 120 cm³/mol. The molecule has 8 nitrogen and oxygen atoms in total. The minimum Gasteiger partial charge on any atom is -0.497 e. The van der Waals surface area contributed by atoms with Crippen LogP contribution in [0.3, 0.4) is 0 Å². The van der Waals surface area contributed by atoms with Crippen molar-refractivity contribution in [2.45, 2.75) is 49.0 Å². The van der Waals surface area contributed by atoms with Crippen LogP contribution >= 0.6 is 11.6 Å². The van der Waals surface area contributed by atoms with E-state index in [1.165, 1.54) is 19.2 Å². The molecule has 2 aromatic carbocycles. The highest BCUT2D eigenvalue weighted by Gasteiger charge is 2.34. The highest BCUT2D eigenvalue weighted by Crippen LogP contribution is 2.24. The zero-order valence-corrected chi connectivity index (χ0v) is 19.2. The maximum Gasteiger partial charge on any atom is 0.241 e. The van der Waals surface area contributed by atoms with Gasteiger partial charge in [0.2, 0.25) is 15.9 Å². The third kappa shape index (κ3) is 6.66. The number of aliphatic hydroxyl groups excluding tert-OH is 1. The van der Waals surface area contributed by atoms with E-state index in [0.717, 1.165) is 5.56 Å². The van der Waals surface area contributed by atoms with Gasteiger partial charge >= 0.3 is 0 Å². The zero-order valence-electron chi connectivity index (χ0n) is 17.7. The molecule has 1 fully saturated rings. The molecule has 0 aliphatic carbocycles. The minimum atomic E-state index is -3.83. The molecule has 0 aromatic heterocycles. The van der Waals surface area contributed by atoms with Crippen LogP contribution in [0, 0.1) is 0 Å². The summed E-state index contributed by atoms with van der Waals surface area (Å²) in [6, 6.07) is 12.7. The number of amides is 1. The fourth-order valence-electron chi connectivity index (χ4n) is 3.53. The van der Waals surface area contributed by atoms with Gasteiger partial charge in [-0.15, -0.1) is 0 Å². The molecule has 3 N–H and O–H groups in total. The number of nitrogens with one attached hydrogen (secondary N) is 2. The number of carbonyl (C=O) groups excluding carboxylic acids is 1. The Balaban J connectivity index is 1.53. The first kappa shape index (κ1) is 24.5.